The molecule has 0 aliphatic heterocycles. The molecule has 0 fully saturated rings. The minimum absolute atomic E-state index is 0.0243. The molecular formula is C8H9NOSe. The van der Waals surface area contributed by atoms with Crippen LogP contribution in [0.1, 0.15) is 0 Å². The van der Waals surface area contributed by atoms with E-state index in [0.29, 0.717) is 5.32 Å². The molecule has 3 heteroatoms. The van der Waals surface area contributed by atoms with Gasteiger partial charge in [-0.1, -0.05) is 0 Å². The van der Waals surface area contributed by atoms with Crippen LogP contribution in [0.15, 0.2) is 30.3 Å². The Morgan fingerprint density at radius 3 is 2.55 bits per heavy atom. The molecule has 0 saturated heterocycles. The molecule has 1 aromatic rings. The van der Waals surface area contributed by atoms with Gasteiger partial charge in [-0.2, -0.15) is 0 Å². The number of para-hydroxylation sites is 1. The number of benzene rings is 1. The van der Waals surface area contributed by atoms with Gasteiger partial charge in [0.05, 0.1) is 0 Å². The summed E-state index contributed by atoms with van der Waals surface area (Å²) in [6, 6.07) is 9.42. The summed E-state index contributed by atoms with van der Waals surface area (Å²) in [7, 11) is 0. The Morgan fingerprint density at radius 1 is 1.36 bits per heavy atom. The number of hydrogen-bond acceptors (Lipinski definition) is 1. The van der Waals surface area contributed by atoms with Crippen molar-refractivity contribution in [2.75, 3.05) is 5.32 Å². The molecule has 1 aromatic carbocycles. The standard InChI is InChI=1S/C8H9NOSe/c10-8(6-11)9-7-4-2-1-3-5-7/h1-5,11H,6H2,(H,9,10). The van der Waals surface area contributed by atoms with Gasteiger partial charge in [-0.25, -0.2) is 0 Å². The number of carbonyl (C=O) groups excluding carboxylic acids is 1. The van der Waals surface area contributed by atoms with Gasteiger partial charge >= 0.3 is 73.4 Å². The molecule has 2 nitrogen and oxygen atoms in total. The zero-order valence-corrected chi connectivity index (χ0v) is 7.83. The van der Waals surface area contributed by atoms with Crippen molar-refractivity contribution in [3.63, 3.8) is 0 Å². The van der Waals surface area contributed by atoms with Gasteiger partial charge in [0.25, 0.3) is 0 Å². The Balaban J connectivity index is 2.58. The topological polar surface area (TPSA) is 29.1 Å². The fourth-order valence-corrected chi connectivity index (χ4v) is 0.888. The molecule has 0 saturated carbocycles. The van der Waals surface area contributed by atoms with Gasteiger partial charge in [0.15, 0.2) is 0 Å². The van der Waals surface area contributed by atoms with Gasteiger partial charge in [-0.3, -0.25) is 0 Å². The van der Waals surface area contributed by atoms with Crippen LogP contribution in [-0.2, 0) is 4.79 Å². The third kappa shape index (κ3) is 2.74. The van der Waals surface area contributed by atoms with Crippen LogP contribution in [0, 0.1) is 0 Å². The quantitative estimate of drug-likeness (QED) is 0.729. The van der Waals surface area contributed by atoms with Gasteiger partial charge < -0.3 is 0 Å². The van der Waals surface area contributed by atoms with Crippen LogP contribution in [0.25, 0.3) is 0 Å². The van der Waals surface area contributed by atoms with Gasteiger partial charge in [0.1, 0.15) is 0 Å². The normalized spacial score (nSPS) is 9.18. The molecule has 1 amide bonds. The van der Waals surface area contributed by atoms with E-state index in [1.807, 2.05) is 30.3 Å². The van der Waals surface area contributed by atoms with Gasteiger partial charge in [0.2, 0.25) is 0 Å². The molecule has 0 heterocycles. The molecular weight excluding hydrogens is 205 g/mol. The van der Waals surface area contributed by atoms with E-state index in [9.17, 15) is 4.79 Å². The Kier molecular flexibility index (Phi) is 3.14. The van der Waals surface area contributed by atoms with Crippen LogP contribution in [-0.4, -0.2) is 21.9 Å². The van der Waals surface area contributed by atoms with E-state index in [0.717, 1.165) is 5.69 Å². The van der Waals surface area contributed by atoms with E-state index in [-0.39, 0.29) is 5.91 Å². The molecule has 58 valence electrons. The second-order valence-electron chi connectivity index (χ2n) is 2.07. The summed E-state index contributed by atoms with van der Waals surface area (Å²) in [5, 5.41) is 3.20. The second kappa shape index (κ2) is 4.16. The average Bonchev–Trinajstić information content (AvgIpc) is 2.06. The average molecular weight is 214 g/mol. The van der Waals surface area contributed by atoms with E-state index < -0.39 is 0 Å². The number of amides is 1. The Morgan fingerprint density at radius 2 is 2.00 bits per heavy atom. The van der Waals surface area contributed by atoms with Crippen molar-refractivity contribution >= 4 is 27.6 Å². The fourth-order valence-electron chi connectivity index (χ4n) is 0.722. The molecule has 0 radical (unpaired) electrons. The van der Waals surface area contributed by atoms with E-state index in [4.69, 9.17) is 0 Å². The van der Waals surface area contributed by atoms with Crippen molar-refractivity contribution in [2.24, 2.45) is 0 Å². The number of rotatable bonds is 2. The van der Waals surface area contributed by atoms with Crippen LogP contribution in [0.2, 0.25) is 5.32 Å². The summed E-state index contributed by atoms with van der Waals surface area (Å²) in [4.78, 5) is 10.9. The Labute approximate surface area is 73.8 Å². The predicted molar refractivity (Wildman–Crippen MR) is 47.0 cm³/mol. The van der Waals surface area contributed by atoms with Crippen molar-refractivity contribution in [3.05, 3.63) is 30.3 Å². The number of hydrogen-bond donors (Lipinski definition) is 1. The molecule has 0 bridgehead atoms. The number of anilines is 1. The van der Waals surface area contributed by atoms with Gasteiger partial charge in [0, 0.05) is 0 Å². The van der Waals surface area contributed by atoms with E-state index in [1.54, 1.807) is 0 Å². The molecule has 0 unspecified atom stereocenters. The van der Waals surface area contributed by atoms with Crippen LogP contribution in [0.5, 0.6) is 0 Å². The predicted octanol–water partition coefficient (Wildman–Crippen LogP) is 0.944. The molecule has 11 heavy (non-hydrogen) atoms. The molecule has 1 N–H and O–H groups in total. The molecule has 0 aromatic heterocycles. The van der Waals surface area contributed by atoms with Crippen molar-refractivity contribution in [1.29, 1.82) is 0 Å². The number of carbonyl (C=O) groups is 1. The molecule has 0 aliphatic carbocycles. The van der Waals surface area contributed by atoms with Crippen LogP contribution < -0.4 is 5.32 Å². The third-order valence-corrected chi connectivity index (χ3v) is 1.80. The van der Waals surface area contributed by atoms with Gasteiger partial charge in [-0.05, 0) is 0 Å². The second-order valence-corrected chi connectivity index (χ2v) is 2.74. The molecule has 0 aliphatic rings. The SMILES string of the molecule is O=C(C[SeH])Nc1ccccc1. The first-order valence-corrected chi connectivity index (χ1v) is 4.61. The van der Waals surface area contributed by atoms with Gasteiger partial charge in [-0.15, -0.1) is 0 Å². The minimum atomic E-state index is 0.0243. The van der Waals surface area contributed by atoms with Crippen molar-refractivity contribution in [3.8, 4) is 0 Å². The van der Waals surface area contributed by atoms with Crippen LogP contribution >= 0.6 is 0 Å². The van der Waals surface area contributed by atoms with E-state index in [1.165, 1.54) is 0 Å². The summed E-state index contributed by atoms with van der Waals surface area (Å²) in [5.41, 5.74) is 0.851. The molecule has 1 rings (SSSR count). The van der Waals surface area contributed by atoms with Crippen LogP contribution in [0.4, 0.5) is 5.69 Å². The summed E-state index contributed by atoms with van der Waals surface area (Å²) < 4.78 is 0. The summed E-state index contributed by atoms with van der Waals surface area (Å²) in [6.45, 7) is 0. The first-order chi connectivity index (χ1) is 5.33. The van der Waals surface area contributed by atoms with Crippen molar-refractivity contribution in [1.82, 2.24) is 0 Å². The van der Waals surface area contributed by atoms with Crippen molar-refractivity contribution in [2.45, 2.75) is 5.32 Å². The maximum absolute atomic E-state index is 10.9. The Hall–Kier alpha value is -0.791. The monoisotopic (exact) mass is 215 g/mol. The summed E-state index contributed by atoms with van der Waals surface area (Å²) >= 11 is 2.24. The number of nitrogens with one attached hydrogen (secondary N) is 1. The maximum atomic E-state index is 10.9. The zero-order valence-electron chi connectivity index (χ0n) is 5.95. The van der Waals surface area contributed by atoms with Crippen molar-refractivity contribution < 1.29 is 4.79 Å². The zero-order chi connectivity index (χ0) is 8.10. The van der Waals surface area contributed by atoms with E-state index in [2.05, 4.69) is 21.3 Å². The first-order valence-electron chi connectivity index (χ1n) is 3.28. The summed E-state index contributed by atoms with van der Waals surface area (Å²) in [5.74, 6) is 0.0243. The fraction of sp³-hybridized carbons (Fsp3) is 0.125. The molecule has 0 atom stereocenters. The first kappa shape index (κ1) is 8.31. The molecule has 0 spiro atoms. The summed E-state index contributed by atoms with van der Waals surface area (Å²) in [6.07, 6.45) is 0. The Bertz CT molecular complexity index is 235. The van der Waals surface area contributed by atoms with E-state index >= 15 is 0 Å². The van der Waals surface area contributed by atoms with Crippen LogP contribution in [0.3, 0.4) is 0 Å². The third-order valence-electron chi connectivity index (χ3n) is 1.20.